The minimum absolute atomic E-state index is 0.113. The molecular weight excluding hydrogens is 368 g/mol. The molecule has 3 aromatic rings. The van der Waals surface area contributed by atoms with Gasteiger partial charge in [0.25, 0.3) is 11.5 Å². The maximum Gasteiger partial charge on any atom is 0.264 e. The van der Waals surface area contributed by atoms with E-state index < -0.39 is 5.91 Å². The van der Waals surface area contributed by atoms with Crippen LogP contribution in [0.25, 0.3) is 0 Å². The van der Waals surface area contributed by atoms with Gasteiger partial charge in [-0.05, 0) is 45.7 Å². The van der Waals surface area contributed by atoms with Crippen molar-refractivity contribution in [3.05, 3.63) is 69.3 Å². The number of carbonyl (C=O) groups is 1. The molecule has 8 nitrogen and oxygen atoms in total. The molecule has 0 aromatic carbocycles. The van der Waals surface area contributed by atoms with Crippen molar-refractivity contribution in [2.45, 2.75) is 53.6 Å². The van der Waals surface area contributed by atoms with Crippen LogP contribution in [0.3, 0.4) is 0 Å². The minimum Gasteiger partial charge on any atom is -0.309 e. The van der Waals surface area contributed by atoms with Crippen molar-refractivity contribution in [3.63, 3.8) is 0 Å². The molecule has 0 radical (unpaired) electrons. The number of nitrogens with one attached hydrogen (secondary N) is 1. The topological polar surface area (TPSA) is 94.7 Å². The second-order valence-corrected chi connectivity index (χ2v) is 7.28. The van der Waals surface area contributed by atoms with Crippen LogP contribution >= 0.6 is 0 Å². The van der Waals surface area contributed by atoms with Crippen molar-refractivity contribution in [1.82, 2.24) is 24.3 Å². The molecule has 1 unspecified atom stereocenters. The van der Waals surface area contributed by atoms with Gasteiger partial charge in [0.2, 0.25) is 0 Å². The molecule has 0 saturated carbocycles. The summed E-state index contributed by atoms with van der Waals surface area (Å²) in [4.78, 5) is 34.5. The molecule has 0 saturated heterocycles. The summed E-state index contributed by atoms with van der Waals surface area (Å²) < 4.78 is 3.25. The van der Waals surface area contributed by atoms with Gasteiger partial charge in [0.1, 0.15) is 11.4 Å². The van der Waals surface area contributed by atoms with Crippen molar-refractivity contribution in [2.75, 3.05) is 5.32 Å². The van der Waals surface area contributed by atoms with Crippen molar-refractivity contribution in [1.29, 1.82) is 0 Å². The summed E-state index contributed by atoms with van der Waals surface area (Å²) in [6.45, 7) is 9.81. The van der Waals surface area contributed by atoms with E-state index in [-0.39, 0.29) is 23.7 Å². The molecule has 29 heavy (non-hydrogen) atoms. The molecule has 1 atom stereocenters. The van der Waals surface area contributed by atoms with Crippen LogP contribution in [0.4, 0.5) is 5.82 Å². The first-order valence-electron chi connectivity index (χ1n) is 9.65. The van der Waals surface area contributed by atoms with Gasteiger partial charge < -0.3 is 9.88 Å². The van der Waals surface area contributed by atoms with Gasteiger partial charge >= 0.3 is 0 Å². The molecular formula is C21H26N6O2. The third kappa shape index (κ3) is 4.42. The zero-order valence-corrected chi connectivity index (χ0v) is 17.4. The summed E-state index contributed by atoms with van der Waals surface area (Å²) in [5.41, 5.74) is 2.63. The van der Waals surface area contributed by atoms with Crippen molar-refractivity contribution >= 4 is 11.7 Å². The van der Waals surface area contributed by atoms with E-state index in [1.165, 1.54) is 4.57 Å². The van der Waals surface area contributed by atoms with Gasteiger partial charge in [0.05, 0.1) is 35.9 Å². The first kappa shape index (κ1) is 20.4. The van der Waals surface area contributed by atoms with Crippen LogP contribution in [0.1, 0.15) is 59.3 Å². The lowest BCUT2D eigenvalue weighted by atomic mass is 10.1. The number of hydrogen-bond donors (Lipinski definition) is 1. The fourth-order valence-corrected chi connectivity index (χ4v) is 3.04. The number of pyridine rings is 1. The van der Waals surface area contributed by atoms with Crippen LogP contribution in [0.5, 0.6) is 0 Å². The Morgan fingerprint density at radius 1 is 1.17 bits per heavy atom. The fraction of sp³-hybridized carbons (Fsp3) is 0.381. The number of rotatable bonds is 6. The third-order valence-corrected chi connectivity index (χ3v) is 4.88. The molecule has 1 amide bonds. The molecule has 0 aliphatic carbocycles. The van der Waals surface area contributed by atoms with Crippen molar-refractivity contribution in [3.8, 4) is 0 Å². The maximum atomic E-state index is 13.0. The van der Waals surface area contributed by atoms with Gasteiger partial charge in [-0.3, -0.25) is 19.6 Å². The Bertz CT molecular complexity index is 1080. The molecule has 0 fully saturated rings. The largest absolute Gasteiger partial charge is 0.309 e. The number of hydrogen-bond acceptors (Lipinski definition) is 5. The molecule has 3 rings (SSSR count). The number of carbonyl (C=O) groups excluding carboxylic acids is 1. The summed E-state index contributed by atoms with van der Waals surface area (Å²) in [5, 5.41) is 7.32. The summed E-state index contributed by atoms with van der Waals surface area (Å²) in [5.74, 6) is 0.141. The van der Waals surface area contributed by atoms with Gasteiger partial charge in [0, 0.05) is 18.5 Å². The van der Waals surface area contributed by atoms with Crippen LogP contribution in [0, 0.1) is 20.8 Å². The first-order chi connectivity index (χ1) is 13.8. The van der Waals surface area contributed by atoms with E-state index in [9.17, 15) is 9.59 Å². The third-order valence-electron chi connectivity index (χ3n) is 4.88. The lowest BCUT2D eigenvalue weighted by molar-refractivity contribution is 0.102. The average Bonchev–Trinajstić information content (AvgIpc) is 3.05. The van der Waals surface area contributed by atoms with Gasteiger partial charge in [-0.25, -0.2) is 4.68 Å². The second kappa shape index (κ2) is 8.38. The van der Waals surface area contributed by atoms with Gasteiger partial charge in [0.15, 0.2) is 0 Å². The van der Waals surface area contributed by atoms with Gasteiger partial charge in [-0.1, -0.05) is 6.92 Å². The lowest BCUT2D eigenvalue weighted by Crippen LogP contribution is -2.31. The Hall–Kier alpha value is -3.29. The molecule has 1 N–H and O–H groups in total. The highest BCUT2D eigenvalue weighted by atomic mass is 16.2. The minimum atomic E-state index is -0.443. The Morgan fingerprint density at radius 2 is 1.93 bits per heavy atom. The Morgan fingerprint density at radius 3 is 2.59 bits per heavy atom. The van der Waals surface area contributed by atoms with Crippen molar-refractivity contribution < 1.29 is 4.79 Å². The zero-order valence-electron chi connectivity index (χ0n) is 17.4. The lowest BCUT2D eigenvalue weighted by Gasteiger charge is -2.15. The summed E-state index contributed by atoms with van der Waals surface area (Å²) in [6, 6.07) is 3.70. The second-order valence-electron chi connectivity index (χ2n) is 7.28. The number of aryl methyl sites for hydroxylation is 3. The number of nitrogens with zero attached hydrogens (tertiary/aromatic N) is 5. The molecule has 0 aliphatic rings. The smallest absolute Gasteiger partial charge is 0.264 e. The first-order valence-corrected chi connectivity index (χ1v) is 9.65. The summed E-state index contributed by atoms with van der Waals surface area (Å²) >= 11 is 0. The summed E-state index contributed by atoms with van der Waals surface area (Å²) in [6.07, 6.45) is 5.83. The monoisotopic (exact) mass is 394 g/mol. The van der Waals surface area contributed by atoms with E-state index in [2.05, 4.69) is 27.3 Å². The highest BCUT2D eigenvalue weighted by molar-refractivity contribution is 6.04. The number of amides is 1. The molecule has 0 aliphatic heterocycles. The molecule has 0 spiro atoms. The van der Waals surface area contributed by atoms with Gasteiger partial charge in [-0.15, -0.1) is 0 Å². The molecule has 3 heterocycles. The van der Waals surface area contributed by atoms with Crippen LogP contribution in [0.15, 0.2) is 35.5 Å². The highest BCUT2D eigenvalue weighted by Crippen LogP contribution is 2.19. The predicted molar refractivity (Wildman–Crippen MR) is 111 cm³/mol. The Labute approximate surface area is 169 Å². The van der Waals surface area contributed by atoms with E-state index in [1.807, 2.05) is 26.8 Å². The molecule has 0 bridgehead atoms. The fourth-order valence-electron chi connectivity index (χ4n) is 3.04. The van der Waals surface area contributed by atoms with E-state index in [4.69, 9.17) is 0 Å². The quantitative estimate of drug-likeness (QED) is 0.693. The number of anilines is 1. The average molecular weight is 394 g/mol. The zero-order chi connectivity index (χ0) is 21.1. The van der Waals surface area contributed by atoms with Crippen LogP contribution in [-0.2, 0) is 6.54 Å². The van der Waals surface area contributed by atoms with Crippen molar-refractivity contribution in [2.24, 2.45) is 0 Å². The van der Waals surface area contributed by atoms with E-state index in [0.717, 1.165) is 17.8 Å². The van der Waals surface area contributed by atoms with E-state index in [0.29, 0.717) is 17.1 Å². The molecule has 3 aromatic heterocycles. The Kier molecular flexibility index (Phi) is 5.91. The van der Waals surface area contributed by atoms with Crippen LogP contribution in [-0.4, -0.2) is 30.2 Å². The molecule has 8 heteroatoms. The SMILES string of the molecule is CCC(C)n1nc(C)cc1NC(=O)c1c(C)ccn(Cc2cnc(C)cn2)c1=O. The Balaban J connectivity index is 1.91. The van der Waals surface area contributed by atoms with Crippen LogP contribution < -0.4 is 10.9 Å². The normalized spacial score (nSPS) is 12.0. The standard InChI is InChI=1S/C21H26N6O2/c1-6-16(5)27-18(9-14(3)25-27)24-20(28)19-13(2)7-8-26(21(19)29)12-17-11-22-15(4)10-23-17/h7-11,16H,6,12H2,1-5H3,(H,24,28). The van der Waals surface area contributed by atoms with E-state index >= 15 is 0 Å². The van der Waals surface area contributed by atoms with Crippen LogP contribution in [0.2, 0.25) is 0 Å². The number of aromatic nitrogens is 5. The van der Waals surface area contributed by atoms with Gasteiger partial charge in [-0.2, -0.15) is 5.10 Å². The maximum absolute atomic E-state index is 13.0. The van der Waals surface area contributed by atoms with E-state index in [1.54, 1.807) is 36.3 Å². The molecule has 152 valence electrons. The highest BCUT2D eigenvalue weighted by Gasteiger charge is 2.19. The summed E-state index contributed by atoms with van der Waals surface area (Å²) in [7, 11) is 0. The predicted octanol–water partition coefficient (Wildman–Crippen LogP) is 3.03.